The van der Waals surface area contributed by atoms with Gasteiger partial charge in [0.25, 0.3) is 0 Å². The number of amides is 1. The molecule has 13 heavy (non-hydrogen) atoms. The maximum Gasteiger partial charge on any atom is 0.219 e. The molecule has 4 nitrogen and oxygen atoms in total. The van der Waals surface area contributed by atoms with Crippen molar-refractivity contribution in [3.63, 3.8) is 0 Å². The van der Waals surface area contributed by atoms with Crippen LogP contribution < -0.4 is 11.1 Å². The van der Waals surface area contributed by atoms with Gasteiger partial charge in [0.15, 0.2) is 0 Å². The van der Waals surface area contributed by atoms with Crippen molar-refractivity contribution in [2.24, 2.45) is 5.73 Å². The van der Waals surface area contributed by atoms with E-state index in [2.05, 4.69) is 10.3 Å². The zero-order valence-electron chi connectivity index (χ0n) is 6.96. The summed E-state index contributed by atoms with van der Waals surface area (Å²) < 4.78 is 12.4. The SMILES string of the molecule is NC(=O)CCNc1ccc(F)cn1. The van der Waals surface area contributed by atoms with Gasteiger partial charge >= 0.3 is 0 Å². The predicted octanol–water partition coefficient (Wildman–Crippen LogP) is 0.508. The van der Waals surface area contributed by atoms with Crippen molar-refractivity contribution in [1.82, 2.24) is 4.98 Å². The van der Waals surface area contributed by atoms with Crippen LogP contribution in [-0.2, 0) is 4.79 Å². The predicted molar refractivity (Wildman–Crippen MR) is 46.5 cm³/mol. The fourth-order valence-corrected chi connectivity index (χ4v) is 0.794. The standard InChI is InChI=1S/C8H10FN3O/c9-6-1-2-8(12-5-6)11-4-3-7(10)13/h1-2,5H,3-4H2,(H2,10,13)(H,11,12). The van der Waals surface area contributed by atoms with Crippen LogP contribution >= 0.6 is 0 Å². The van der Waals surface area contributed by atoms with E-state index in [1.54, 1.807) is 0 Å². The summed E-state index contributed by atoms with van der Waals surface area (Å²) in [6, 6.07) is 2.79. The lowest BCUT2D eigenvalue weighted by atomic mass is 10.4. The number of nitrogens with two attached hydrogens (primary N) is 1. The second kappa shape index (κ2) is 4.39. The number of hydrogen-bond acceptors (Lipinski definition) is 3. The van der Waals surface area contributed by atoms with Crippen molar-refractivity contribution in [3.05, 3.63) is 24.1 Å². The average molecular weight is 183 g/mol. The number of anilines is 1. The molecule has 0 spiro atoms. The van der Waals surface area contributed by atoms with Crippen LogP contribution in [0.5, 0.6) is 0 Å². The molecule has 0 aromatic carbocycles. The third-order valence-electron chi connectivity index (χ3n) is 1.40. The molecule has 0 atom stereocenters. The van der Waals surface area contributed by atoms with Crippen molar-refractivity contribution in [1.29, 1.82) is 0 Å². The maximum atomic E-state index is 12.4. The summed E-state index contributed by atoms with van der Waals surface area (Å²) in [5.41, 5.74) is 4.92. The van der Waals surface area contributed by atoms with Gasteiger partial charge < -0.3 is 11.1 Å². The highest BCUT2D eigenvalue weighted by atomic mass is 19.1. The molecule has 1 rings (SSSR count). The van der Waals surface area contributed by atoms with E-state index in [1.165, 1.54) is 12.1 Å². The van der Waals surface area contributed by atoms with Gasteiger partial charge in [0.2, 0.25) is 5.91 Å². The monoisotopic (exact) mass is 183 g/mol. The highest BCUT2D eigenvalue weighted by Gasteiger charge is 1.96. The van der Waals surface area contributed by atoms with Gasteiger partial charge in [-0.3, -0.25) is 4.79 Å². The second-order valence-electron chi connectivity index (χ2n) is 2.50. The first-order valence-electron chi connectivity index (χ1n) is 3.82. The zero-order chi connectivity index (χ0) is 9.68. The van der Waals surface area contributed by atoms with E-state index in [4.69, 9.17) is 5.73 Å². The highest BCUT2D eigenvalue weighted by molar-refractivity contribution is 5.74. The molecule has 0 saturated heterocycles. The summed E-state index contributed by atoms with van der Waals surface area (Å²) in [7, 11) is 0. The number of aromatic nitrogens is 1. The fraction of sp³-hybridized carbons (Fsp3) is 0.250. The largest absolute Gasteiger partial charge is 0.370 e. The third-order valence-corrected chi connectivity index (χ3v) is 1.40. The minimum atomic E-state index is -0.388. The first-order chi connectivity index (χ1) is 6.18. The lowest BCUT2D eigenvalue weighted by Crippen LogP contribution is -2.16. The lowest BCUT2D eigenvalue weighted by molar-refractivity contribution is -0.117. The number of hydrogen-bond donors (Lipinski definition) is 2. The fourth-order valence-electron chi connectivity index (χ4n) is 0.794. The summed E-state index contributed by atoms with van der Waals surface area (Å²) in [6.07, 6.45) is 1.34. The first-order valence-corrected chi connectivity index (χ1v) is 3.82. The van der Waals surface area contributed by atoms with Gasteiger partial charge in [-0.2, -0.15) is 0 Å². The molecule has 0 bridgehead atoms. The summed E-state index contributed by atoms with van der Waals surface area (Å²) in [5, 5.41) is 2.82. The Balaban J connectivity index is 2.37. The first kappa shape index (κ1) is 9.44. The topological polar surface area (TPSA) is 68.0 Å². The minimum Gasteiger partial charge on any atom is -0.370 e. The molecule has 1 aromatic rings. The Kier molecular flexibility index (Phi) is 3.19. The molecular weight excluding hydrogens is 173 g/mol. The summed E-state index contributed by atoms with van der Waals surface area (Å²) in [4.78, 5) is 14.1. The van der Waals surface area contributed by atoms with Crippen LogP contribution in [0.25, 0.3) is 0 Å². The number of primary amides is 1. The molecule has 0 aliphatic rings. The Labute approximate surface area is 75.0 Å². The van der Waals surface area contributed by atoms with Crippen LogP contribution in [0.3, 0.4) is 0 Å². The van der Waals surface area contributed by atoms with E-state index in [0.717, 1.165) is 6.20 Å². The normalized spacial score (nSPS) is 9.62. The van der Waals surface area contributed by atoms with Gasteiger partial charge in [-0.1, -0.05) is 0 Å². The van der Waals surface area contributed by atoms with Crippen LogP contribution in [0.2, 0.25) is 0 Å². The summed E-state index contributed by atoms with van der Waals surface area (Å²) in [6.45, 7) is 0.411. The van der Waals surface area contributed by atoms with E-state index >= 15 is 0 Å². The molecule has 0 fully saturated rings. The molecule has 1 aromatic heterocycles. The minimum absolute atomic E-state index is 0.235. The average Bonchev–Trinajstić information content (AvgIpc) is 2.08. The van der Waals surface area contributed by atoms with Gasteiger partial charge in [0, 0.05) is 13.0 Å². The Morgan fingerprint density at radius 3 is 2.92 bits per heavy atom. The lowest BCUT2D eigenvalue weighted by Gasteiger charge is -2.02. The molecule has 70 valence electrons. The summed E-state index contributed by atoms with van der Waals surface area (Å²) >= 11 is 0. The Bertz CT molecular complexity index is 286. The second-order valence-corrected chi connectivity index (χ2v) is 2.50. The van der Waals surface area contributed by atoms with E-state index in [9.17, 15) is 9.18 Å². The number of carbonyl (C=O) groups is 1. The molecule has 0 aliphatic heterocycles. The number of nitrogens with zero attached hydrogens (tertiary/aromatic N) is 1. The molecule has 1 amide bonds. The van der Waals surface area contributed by atoms with E-state index < -0.39 is 0 Å². The van der Waals surface area contributed by atoms with Crippen LogP contribution in [-0.4, -0.2) is 17.4 Å². The molecular formula is C8H10FN3O. The quantitative estimate of drug-likeness (QED) is 0.714. The molecule has 0 saturated carbocycles. The van der Waals surface area contributed by atoms with Gasteiger partial charge in [0.05, 0.1) is 6.20 Å². The van der Waals surface area contributed by atoms with Crippen LogP contribution in [0, 0.1) is 5.82 Å². The van der Waals surface area contributed by atoms with Crippen molar-refractivity contribution < 1.29 is 9.18 Å². The van der Waals surface area contributed by atoms with E-state index in [1.807, 2.05) is 0 Å². The third kappa shape index (κ3) is 3.50. The molecule has 0 aliphatic carbocycles. The Morgan fingerprint density at radius 2 is 2.38 bits per heavy atom. The number of halogens is 1. The molecule has 3 N–H and O–H groups in total. The molecule has 0 radical (unpaired) electrons. The van der Waals surface area contributed by atoms with Crippen molar-refractivity contribution in [2.45, 2.75) is 6.42 Å². The Morgan fingerprint density at radius 1 is 1.62 bits per heavy atom. The van der Waals surface area contributed by atoms with Crippen molar-refractivity contribution in [2.75, 3.05) is 11.9 Å². The maximum absolute atomic E-state index is 12.4. The van der Waals surface area contributed by atoms with Gasteiger partial charge in [0.1, 0.15) is 11.6 Å². The smallest absolute Gasteiger partial charge is 0.219 e. The van der Waals surface area contributed by atoms with Crippen LogP contribution in [0.4, 0.5) is 10.2 Å². The molecule has 0 unspecified atom stereocenters. The van der Waals surface area contributed by atoms with E-state index in [0.29, 0.717) is 12.4 Å². The number of nitrogens with one attached hydrogen (secondary N) is 1. The zero-order valence-corrected chi connectivity index (χ0v) is 6.96. The Hall–Kier alpha value is -1.65. The van der Waals surface area contributed by atoms with Gasteiger partial charge in [-0.05, 0) is 12.1 Å². The molecule has 1 heterocycles. The molecule has 5 heteroatoms. The van der Waals surface area contributed by atoms with Crippen molar-refractivity contribution in [3.8, 4) is 0 Å². The number of rotatable bonds is 4. The summed E-state index contributed by atoms with van der Waals surface area (Å²) in [5.74, 6) is -0.238. The van der Waals surface area contributed by atoms with Crippen LogP contribution in [0.15, 0.2) is 18.3 Å². The number of pyridine rings is 1. The van der Waals surface area contributed by atoms with Gasteiger partial charge in [-0.15, -0.1) is 0 Å². The highest BCUT2D eigenvalue weighted by Crippen LogP contribution is 2.02. The van der Waals surface area contributed by atoms with Gasteiger partial charge in [-0.25, -0.2) is 9.37 Å². The van der Waals surface area contributed by atoms with Crippen molar-refractivity contribution >= 4 is 11.7 Å². The number of carbonyl (C=O) groups excluding carboxylic acids is 1. The van der Waals surface area contributed by atoms with E-state index in [-0.39, 0.29) is 18.1 Å². The van der Waals surface area contributed by atoms with Crippen LogP contribution in [0.1, 0.15) is 6.42 Å².